The molecule has 0 radical (unpaired) electrons. The molecule has 2 unspecified atom stereocenters. The van der Waals surface area contributed by atoms with Gasteiger partial charge in [0, 0.05) is 11.5 Å². The zero-order valence-corrected chi connectivity index (χ0v) is 9.59. The first-order chi connectivity index (χ1) is 6.45. The van der Waals surface area contributed by atoms with Gasteiger partial charge >= 0.3 is 11.9 Å². The summed E-state index contributed by atoms with van der Waals surface area (Å²) in [5, 5.41) is 16.8. The van der Waals surface area contributed by atoms with Gasteiger partial charge in [-0.3, -0.25) is 9.59 Å². The van der Waals surface area contributed by atoms with Crippen LogP contribution in [-0.2, 0) is 9.59 Å². The molecule has 9 heteroatoms. The monoisotopic (exact) mass is 257 g/mol. The topological polar surface area (TPSA) is 162 Å². The van der Waals surface area contributed by atoms with E-state index in [1.165, 1.54) is 21.6 Å². The first-order valence-corrected chi connectivity index (χ1v) is 6.15. The number of hydrogen-bond donors (Lipinski definition) is 5. The van der Waals surface area contributed by atoms with Gasteiger partial charge in [0.25, 0.3) is 0 Å². The second-order valence-electron chi connectivity index (χ2n) is 2.46. The molecule has 0 spiro atoms. The minimum absolute atomic E-state index is 0. The normalized spacial score (nSPS) is 13.7. The predicted octanol–water partition coefficient (Wildman–Crippen LogP) is -0.646. The molecule has 0 aromatic carbocycles. The largest absolute Gasteiger partial charge is 0.480 e. The van der Waals surface area contributed by atoms with E-state index in [-0.39, 0.29) is 17.7 Å². The van der Waals surface area contributed by atoms with Crippen molar-refractivity contribution in [2.24, 2.45) is 11.5 Å². The van der Waals surface area contributed by atoms with Crippen molar-refractivity contribution >= 4 is 33.5 Å². The van der Waals surface area contributed by atoms with E-state index >= 15 is 0 Å². The van der Waals surface area contributed by atoms with Crippen LogP contribution in [0.3, 0.4) is 0 Å². The van der Waals surface area contributed by atoms with Gasteiger partial charge in [-0.05, 0) is 0 Å². The molecule has 0 amide bonds. The first kappa shape index (κ1) is 16.9. The molecule has 0 aliphatic heterocycles. The molecule has 0 heterocycles. The molecule has 9 N–H and O–H groups in total. The van der Waals surface area contributed by atoms with Crippen molar-refractivity contribution in [1.29, 1.82) is 0 Å². The van der Waals surface area contributed by atoms with Crippen LogP contribution in [0.5, 0.6) is 0 Å². The Kier molecular flexibility index (Phi) is 9.93. The van der Waals surface area contributed by atoms with Gasteiger partial charge in [0.15, 0.2) is 0 Å². The van der Waals surface area contributed by atoms with E-state index in [1.54, 1.807) is 0 Å². The third kappa shape index (κ3) is 8.51. The second kappa shape index (κ2) is 8.80. The summed E-state index contributed by atoms with van der Waals surface area (Å²) in [6.45, 7) is 0. The Balaban J connectivity index is 0. The maximum absolute atomic E-state index is 10.3. The smallest absolute Gasteiger partial charge is 0.321 e. The van der Waals surface area contributed by atoms with E-state index < -0.39 is 24.0 Å². The van der Waals surface area contributed by atoms with Crippen LogP contribution in [-0.4, -0.2) is 45.7 Å². The Bertz CT molecular complexity index is 195. The molecule has 15 heavy (non-hydrogen) atoms. The summed E-state index contributed by atoms with van der Waals surface area (Å²) in [5.74, 6) is -1.68. The van der Waals surface area contributed by atoms with Crippen LogP contribution < -0.4 is 17.6 Å². The van der Waals surface area contributed by atoms with Gasteiger partial charge in [-0.15, -0.1) is 0 Å². The van der Waals surface area contributed by atoms with Crippen LogP contribution >= 0.6 is 21.6 Å². The maximum atomic E-state index is 10.3. The minimum Gasteiger partial charge on any atom is -0.480 e. The summed E-state index contributed by atoms with van der Waals surface area (Å²) in [7, 11) is 2.41. The molecular weight excluding hydrogens is 242 g/mol. The highest BCUT2D eigenvalue weighted by atomic mass is 33.1. The molecule has 90 valence electrons. The summed E-state index contributed by atoms with van der Waals surface area (Å²) < 4.78 is 0. The first-order valence-electron chi connectivity index (χ1n) is 3.66. The molecule has 2 atom stereocenters. The Morgan fingerprint density at radius 3 is 1.47 bits per heavy atom. The Labute approximate surface area is 94.9 Å². The van der Waals surface area contributed by atoms with Crippen molar-refractivity contribution < 1.29 is 19.8 Å². The average Bonchev–Trinajstić information content (AvgIpc) is 2.11. The van der Waals surface area contributed by atoms with Crippen LogP contribution in [0.2, 0.25) is 0 Å². The molecular formula is C6H15N3O4S2. The number of carboxylic acids is 2. The van der Waals surface area contributed by atoms with Gasteiger partial charge in [0.2, 0.25) is 0 Å². The lowest BCUT2D eigenvalue weighted by molar-refractivity contribution is -0.138. The van der Waals surface area contributed by atoms with E-state index in [0.29, 0.717) is 0 Å². The average molecular weight is 257 g/mol. The van der Waals surface area contributed by atoms with Crippen molar-refractivity contribution in [3.05, 3.63) is 0 Å². The molecule has 0 bridgehead atoms. The SMILES string of the molecule is N.NC(CSSCC(N)C(=O)O)C(=O)O. The standard InChI is InChI=1S/C6H12N2O4S2.H3N/c7-3(5(9)10)1-13-14-2-4(8)6(11)12;/h3-4H,1-2,7-8H2,(H,9,10)(H,11,12);1H3. The summed E-state index contributed by atoms with van der Waals surface area (Å²) in [5.41, 5.74) is 10.4. The molecule has 0 aromatic heterocycles. The zero-order valence-electron chi connectivity index (χ0n) is 7.96. The number of aliphatic carboxylic acids is 2. The van der Waals surface area contributed by atoms with Gasteiger partial charge in [0.1, 0.15) is 12.1 Å². The fourth-order valence-electron chi connectivity index (χ4n) is 0.385. The fraction of sp³-hybridized carbons (Fsp3) is 0.667. The van der Waals surface area contributed by atoms with Gasteiger partial charge in [0.05, 0.1) is 0 Å². The molecule has 0 rings (SSSR count). The minimum atomic E-state index is -1.07. The van der Waals surface area contributed by atoms with Crippen molar-refractivity contribution in [2.75, 3.05) is 11.5 Å². The van der Waals surface area contributed by atoms with Crippen molar-refractivity contribution in [3.8, 4) is 0 Å². The van der Waals surface area contributed by atoms with E-state index in [9.17, 15) is 9.59 Å². The van der Waals surface area contributed by atoms with E-state index in [1.807, 2.05) is 0 Å². The lowest BCUT2D eigenvalue weighted by Crippen LogP contribution is -2.33. The van der Waals surface area contributed by atoms with Gasteiger partial charge in [-0.25, -0.2) is 0 Å². The molecule has 0 saturated carbocycles. The fourth-order valence-corrected chi connectivity index (χ4v) is 2.61. The maximum Gasteiger partial charge on any atom is 0.321 e. The summed E-state index contributed by atoms with van der Waals surface area (Å²) >= 11 is 0. The molecule has 0 fully saturated rings. The van der Waals surface area contributed by atoms with Crippen LogP contribution in [0.4, 0.5) is 0 Å². The number of carboxylic acid groups (broad SMARTS) is 2. The summed E-state index contributed by atoms with van der Waals surface area (Å²) in [6, 6.07) is -1.85. The highest BCUT2D eigenvalue weighted by molar-refractivity contribution is 8.76. The highest BCUT2D eigenvalue weighted by Crippen LogP contribution is 2.22. The van der Waals surface area contributed by atoms with E-state index in [0.717, 1.165) is 0 Å². The molecule has 0 aliphatic rings. The number of carbonyl (C=O) groups is 2. The Morgan fingerprint density at radius 2 is 1.27 bits per heavy atom. The van der Waals surface area contributed by atoms with E-state index in [2.05, 4.69) is 0 Å². The number of hydrogen-bond acceptors (Lipinski definition) is 7. The van der Waals surface area contributed by atoms with Crippen molar-refractivity contribution in [3.63, 3.8) is 0 Å². The molecule has 0 saturated heterocycles. The number of rotatable bonds is 7. The lowest BCUT2D eigenvalue weighted by atomic mass is 10.4. The lowest BCUT2D eigenvalue weighted by Gasteiger charge is -2.07. The van der Waals surface area contributed by atoms with Crippen molar-refractivity contribution in [1.82, 2.24) is 6.15 Å². The quantitative estimate of drug-likeness (QED) is 0.294. The molecule has 0 aromatic rings. The van der Waals surface area contributed by atoms with Crippen LogP contribution in [0.25, 0.3) is 0 Å². The van der Waals surface area contributed by atoms with Gasteiger partial charge in [-0.2, -0.15) is 0 Å². The van der Waals surface area contributed by atoms with Crippen molar-refractivity contribution in [2.45, 2.75) is 12.1 Å². The highest BCUT2D eigenvalue weighted by Gasteiger charge is 2.14. The van der Waals surface area contributed by atoms with Crippen LogP contribution in [0, 0.1) is 0 Å². The Morgan fingerprint density at radius 1 is 1.00 bits per heavy atom. The molecule has 0 aliphatic carbocycles. The summed E-state index contributed by atoms with van der Waals surface area (Å²) in [6.07, 6.45) is 0. The summed E-state index contributed by atoms with van der Waals surface area (Å²) in [4.78, 5) is 20.5. The van der Waals surface area contributed by atoms with Gasteiger partial charge < -0.3 is 27.8 Å². The van der Waals surface area contributed by atoms with Gasteiger partial charge in [-0.1, -0.05) is 21.6 Å². The van der Waals surface area contributed by atoms with Crippen LogP contribution in [0.15, 0.2) is 0 Å². The zero-order chi connectivity index (χ0) is 11.1. The number of nitrogens with two attached hydrogens (primary N) is 2. The van der Waals surface area contributed by atoms with E-state index in [4.69, 9.17) is 21.7 Å². The third-order valence-electron chi connectivity index (χ3n) is 1.21. The third-order valence-corrected chi connectivity index (χ3v) is 3.69. The Hall–Kier alpha value is -0.480. The molecule has 7 nitrogen and oxygen atoms in total. The second-order valence-corrected chi connectivity index (χ2v) is 5.01. The predicted molar refractivity (Wildman–Crippen MR) is 61.2 cm³/mol. The van der Waals surface area contributed by atoms with Crippen LogP contribution in [0.1, 0.15) is 0 Å².